The Bertz CT molecular complexity index is 420. The summed E-state index contributed by atoms with van der Waals surface area (Å²) in [5.41, 5.74) is 2.46. The van der Waals surface area contributed by atoms with Gasteiger partial charge in [0, 0.05) is 0 Å². The topological polar surface area (TPSA) is 17.8 Å². The van der Waals surface area contributed by atoms with E-state index in [4.69, 9.17) is 0 Å². The Morgan fingerprint density at radius 3 is 2.69 bits per heavy atom. The lowest BCUT2D eigenvalue weighted by atomic mass is 10.2. The van der Waals surface area contributed by atoms with E-state index in [0.29, 0.717) is 0 Å². The van der Waals surface area contributed by atoms with E-state index in [1.165, 1.54) is 11.3 Å². The third kappa shape index (κ3) is 1.60. The van der Waals surface area contributed by atoms with Crippen LogP contribution < -0.4 is 0 Å². The van der Waals surface area contributed by atoms with Crippen LogP contribution in [0.5, 0.6) is 0 Å². The Labute approximate surface area is 90.8 Å². The molecule has 1 aromatic carbocycles. The second kappa shape index (κ2) is 3.49. The molecular weight excluding hydrogens is 275 g/mol. The lowest BCUT2D eigenvalue weighted by molar-refractivity contribution is 1.01. The smallest absolute Gasteiger partial charge is 0.104 e. The molecule has 3 heteroatoms. The van der Waals surface area contributed by atoms with Crippen molar-refractivity contribution in [2.24, 2.45) is 0 Å². The van der Waals surface area contributed by atoms with Gasteiger partial charge in [-0.3, -0.25) is 4.57 Å². The molecule has 0 fully saturated rings. The Hall–Kier alpha value is -0.840. The summed E-state index contributed by atoms with van der Waals surface area (Å²) in [6.07, 6.45) is 3.69. The van der Waals surface area contributed by atoms with Crippen LogP contribution in [0.3, 0.4) is 0 Å². The SMILES string of the molecule is Cc1ccccc1-n1cncc1I. The van der Waals surface area contributed by atoms with Crippen molar-refractivity contribution in [1.29, 1.82) is 0 Å². The number of halogens is 1. The largest absolute Gasteiger partial charge is 0.294 e. The van der Waals surface area contributed by atoms with Gasteiger partial charge in [-0.2, -0.15) is 0 Å². The summed E-state index contributed by atoms with van der Waals surface area (Å²) in [5.74, 6) is 0. The third-order valence-electron chi connectivity index (χ3n) is 1.97. The standard InChI is InChI=1S/C10H9IN2/c1-8-4-2-3-5-9(8)13-7-12-6-10(13)11/h2-7H,1H3. The Morgan fingerprint density at radius 2 is 2.08 bits per heavy atom. The molecule has 0 unspecified atom stereocenters. The highest BCUT2D eigenvalue weighted by molar-refractivity contribution is 14.1. The number of benzene rings is 1. The van der Waals surface area contributed by atoms with Crippen LogP contribution in [-0.4, -0.2) is 9.55 Å². The second-order valence-corrected chi connectivity index (χ2v) is 3.98. The number of hydrogen-bond acceptors (Lipinski definition) is 1. The molecule has 0 amide bonds. The van der Waals surface area contributed by atoms with Gasteiger partial charge in [-0.05, 0) is 41.1 Å². The van der Waals surface area contributed by atoms with E-state index < -0.39 is 0 Å². The average Bonchev–Trinajstić information content (AvgIpc) is 2.52. The van der Waals surface area contributed by atoms with Crippen LogP contribution in [0.15, 0.2) is 36.8 Å². The van der Waals surface area contributed by atoms with E-state index in [0.717, 1.165) is 3.70 Å². The number of rotatable bonds is 1. The molecule has 0 atom stereocenters. The molecule has 2 rings (SSSR count). The van der Waals surface area contributed by atoms with E-state index in [1.807, 2.05) is 24.7 Å². The summed E-state index contributed by atoms with van der Waals surface area (Å²) in [6, 6.07) is 8.28. The van der Waals surface area contributed by atoms with E-state index in [2.05, 4.69) is 51.2 Å². The molecule has 0 spiro atoms. The predicted molar refractivity (Wildman–Crippen MR) is 61.0 cm³/mol. The zero-order chi connectivity index (χ0) is 9.26. The quantitative estimate of drug-likeness (QED) is 0.736. The van der Waals surface area contributed by atoms with Crippen molar-refractivity contribution in [3.63, 3.8) is 0 Å². The monoisotopic (exact) mass is 284 g/mol. The van der Waals surface area contributed by atoms with Gasteiger partial charge in [0.1, 0.15) is 10.0 Å². The molecule has 13 heavy (non-hydrogen) atoms. The van der Waals surface area contributed by atoms with Gasteiger partial charge in [0.05, 0.1) is 11.9 Å². The van der Waals surface area contributed by atoms with Gasteiger partial charge in [0.15, 0.2) is 0 Å². The van der Waals surface area contributed by atoms with Gasteiger partial charge in [-0.15, -0.1) is 0 Å². The molecule has 2 nitrogen and oxygen atoms in total. The molecule has 0 aliphatic rings. The van der Waals surface area contributed by atoms with Crippen LogP contribution in [0, 0.1) is 10.6 Å². The zero-order valence-electron chi connectivity index (χ0n) is 7.24. The lowest BCUT2D eigenvalue weighted by Gasteiger charge is -2.06. The maximum absolute atomic E-state index is 4.09. The van der Waals surface area contributed by atoms with Crippen molar-refractivity contribution >= 4 is 22.6 Å². The highest BCUT2D eigenvalue weighted by Crippen LogP contribution is 2.16. The molecule has 0 N–H and O–H groups in total. The first kappa shape index (κ1) is 8.74. The third-order valence-corrected chi connectivity index (χ3v) is 2.77. The maximum Gasteiger partial charge on any atom is 0.104 e. The van der Waals surface area contributed by atoms with E-state index >= 15 is 0 Å². The molecule has 2 aromatic rings. The molecular formula is C10H9IN2. The molecule has 66 valence electrons. The maximum atomic E-state index is 4.09. The average molecular weight is 284 g/mol. The van der Waals surface area contributed by atoms with Gasteiger partial charge >= 0.3 is 0 Å². The summed E-state index contributed by atoms with van der Waals surface area (Å²) in [7, 11) is 0. The summed E-state index contributed by atoms with van der Waals surface area (Å²) in [6.45, 7) is 2.10. The highest BCUT2D eigenvalue weighted by atomic mass is 127. The molecule has 0 aliphatic carbocycles. The summed E-state index contributed by atoms with van der Waals surface area (Å²) < 4.78 is 3.21. The number of aryl methyl sites for hydroxylation is 1. The van der Waals surface area contributed by atoms with Gasteiger partial charge in [-0.1, -0.05) is 18.2 Å². The molecule has 0 bridgehead atoms. The van der Waals surface area contributed by atoms with Crippen LogP contribution >= 0.6 is 22.6 Å². The van der Waals surface area contributed by atoms with Gasteiger partial charge in [0.25, 0.3) is 0 Å². The van der Waals surface area contributed by atoms with Crippen molar-refractivity contribution in [3.05, 3.63) is 46.1 Å². The van der Waals surface area contributed by atoms with Crippen LogP contribution in [0.2, 0.25) is 0 Å². The fourth-order valence-electron chi connectivity index (χ4n) is 1.29. The molecule has 0 saturated carbocycles. The van der Waals surface area contributed by atoms with Crippen LogP contribution in [-0.2, 0) is 0 Å². The fraction of sp³-hybridized carbons (Fsp3) is 0.100. The van der Waals surface area contributed by atoms with Crippen molar-refractivity contribution in [2.45, 2.75) is 6.92 Å². The van der Waals surface area contributed by atoms with Crippen LogP contribution in [0.25, 0.3) is 5.69 Å². The second-order valence-electron chi connectivity index (χ2n) is 2.87. The lowest BCUT2D eigenvalue weighted by Crippen LogP contribution is -1.96. The first-order valence-electron chi connectivity index (χ1n) is 4.03. The van der Waals surface area contributed by atoms with Crippen molar-refractivity contribution in [3.8, 4) is 5.69 Å². The van der Waals surface area contributed by atoms with E-state index in [1.54, 1.807) is 0 Å². The van der Waals surface area contributed by atoms with Gasteiger partial charge in [0.2, 0.25) is 0 Å². The summed E-state index contributed by atoms with van der Waals surface area (Å²) in [4.78, 5) is 4.09. The van der Waals surface area contributed by atoms with Crippen molar-refractivity contribution in [1.82, 2.24) is 9.55 Å². The van der Waals surface area contributed by atoms with Crippen molar-refractivity contribution < 1.29 is 0 Å². The van der Waals surface area contributed by atoms with E-state index in [9.17, 15) is 0 Å². The van der Waals surface area contributed by atoms with Crippen LogP contribution in [0.4, 0.5) is 0 Å². The molecule has 1 aromatic heterocycles. The van der Waals surface area contributed by atoms with Gasteiger partial charge < -0.3 is 0 Å². The Kier molecular flexibility index (Phi) is 2.35. The van der Waals surface area contributed by atoms with Crippen LogP contribution in [0.1, 0.15) is 5.56 Å². The normalized spacial score (nSPS) is 10.3. The number of aromatic nitrogens is 2. The first-order chi connectivity index (χ1) is 6.29. The van der Waals surface area contributed by atoms with E-state index in [-0.39, 0.29) is 0 Å². The molecule has 1 heterocycles. The minimum Gasteiger partial charge on any atom is -0.294 e. The number of hydrogen-bond donors (Lipinski definition) is 0. The minimum atomic E-state index is 1.13. The highest BCUT2D eigenvalue weighted by Gasteiger charge is 2.02. The molecule has 0 radical (unpaired) electrons. The first-order valence-corrected chi connectivity index (χ1v) is 5.11. The number of imidazole rings is 1. The zero-order valence-corrected chi connectivity index (χ0v) is 9.39. The summed E-state index contributed by atoms with van der Waals surface area (Å²) in [5, 5.41) is 0. The van der Waals surface area contributed by atoms with Gasteiger partial charge in [-0.25, -0.2) is 4.98 Å². The Morgan fingerprint density at radius 1 is 1.31 bits per heavy atom. The fourth-order valence-corrected chi connectivity index (χ4v) is 1.84. The molecule has 0 saturated heterocycles. The Balaban J connectivity index is 2.59. The minimum absolute atomic E-state index is 1.13. The van der Waals surface area contributed by atoms with Crippen molar-refractivity contribution in [2.75, 3.05) is 0 Å². The summed E-state index contributed by atoms with van der Waals surface area (Å²) >= 11 is 2.28. The number of nitrogens with zero attached hydrogens (tertiary/aromatic N) is 2. The predicted octanol–water partition coefficient (Wildman–Crippen LogP) is 2.79. The number of para-hydroxylation sites is 1. The molecule has 0 aliphatic heterocycles.